The molecule has 5 nitrogen and oxygen atoms in total. The molecular formula is C22H23NO4S. The third-order valence-corrected chi connectivity index (χ3v) is 5.70. The van der Waals surface area contributed by atoms with E-state index in [9.17, 15) is 13.2 Å². The van der Waals surface area contributed by atoms with Crippen LogP contribution in [0.25, 0.3) is 0 Å². The third kappa shape index (κ3) is 5.56. The molecule has 2 aromatic carbocycles. The molecule has 6 heteroatoms. The summed E-state index contributed by atoms with van der Waals surface area (Å²) in [5, 5.41) is 0. The first-order chi connectivity index (χ1) is 13.4. The van der Waals surface area contributed by atoms with Gasteiger partial charge in [-0.15, -0.1) is 6.58 Å². The Kier molecular flexibility index (Phi) is 7.56. The van der Waals surface area contributed by atoms with E-state index in [4.69, 9.17) is 4.74 Å². The summed E-state index contributed by atoms with van der Waals surface area (Å²) >= 11 is 0. The average molecular weight is 397 g/mol. The van der Waals surface area contributed by atoms with E-state index >= 15 is 0 Å². The second-order valence-electron chi connectivity index (χ2n) is 6.00. The van der Waals surface area contributed by atoms with E-state index in [1.165, 1.54) is 10.4 Å². The summed E-state index contributed by atoms with van der Waals surface area (Å²) in [5.41, 5.74) is 2.11. The van der Waals surface area contributed by atoms with Crippen molar-refractivity contribution < 1.29 is 17.9 Å². The van der Waals surface area contributed by atoms with Crippen LogP contribution in [0.4, 0.5) is 0 Å². The molecule has 0 unspecified atom stereocenters. The van der Waals surface area contributed by atoms with Crippen LogP contribution in [0.2, 0.25) is 0 Å². The number of carbonyl (C=O) groups is 1. The van der Waals surface area contributed by atoms with Crippen LogP contribution in [0.3, 0.4) is 0 Å². The summed E-state index contributed by atoms with van der Waals surface area (Å²) < 4.78 is 31.8. The van der Waals surface area contributed by atoms with Crippen LogP contribution in [-0.2, 0) is 14.8 Å². The van der Waals surface area contributed by atoms with Gasteiger partial charge >= 0.3 is 5.97 Å². The van der Waals surface area contributed by atoms with Crippen molar-refractivity contribution in [2.24, 2.45) is 0 Å². The Balaban J connectivity index is 2.15. The summed E-state index contributed by atoms with van der Waals surface area (Å²) in [6.45, 7) is 7.78. The van der Waals surface area contributed by atoms with Gasteiger partial charge in [0.1, 0.15) is 0 Å². The Morgan fingerprint density at radius 2 is 1.79 bits per heavy atom. The lowest BCUT2D eigenvalue weighted by atomic mass is 10.1. The van der Waals surface area contributed by atoms with E-state index in [1.54, 1.807) is 55.5 Å². The smallest absolute Gasteiger partial charge is 0.338 e. The average Bonchev–Trinajstić information content (AvgIpc) is 2.68. The van der Waals surface area contributed by atoms with Crippen LogP contribution in [0.1, 0.15) is 28.4 Å². The molecule has 0 aromatic heterocycles. The molecule has 0 saturated heterocycles. The largest absolute Gasteiger partial charge is 0.462 e. The minimum atomic E-state index is -3.66. The Labute approximate surface area is 166 Å². The van der Waals surface area contributed by atoms with Crippen molar-refractivity contribution in [1.29, 1.82) is 0 Å². The van der Waals surface area contributed by atoms with Crippen LogP contribution >= 0.6 is 0 Å². The minimum Gasteiger partial charge on any atom is -0.462 e. The van der Waals surface area contributed by atoms with E-state index in [2.05, 4.69) is 18.4 Å². The summed E-state index contributed by atoms with van der Waals surface area (Å²) in [4.78, 5) is 11.9. The van der Waals surface area contributed by atoms with E-state index in [0.717, 1.165) is 5.56 Å². The number of aryl methyl sites for hydroxylation is 1. The van der Waals surface area contributed by atoms with E-state index in [1.807, 2.05) is 6.92 Å². The van der Waals surface area contributed by atoms with Gasteiger partial charge in [-0.05, 0) is 50.2 Å². The lowest BCUT2D eigenvalue weighted by Crippen LogP contribution is -2.31. The molecule has 0 N–H and O–H groups in total. The van der Waals surface area contributed by atoms with Gasteiger partial charge in [-0.2, -0.15) is 4.31 Å². The molecule has 0 heterocycles. The number of hydrogen-bond acceptors (Lipinski definition) is 4. The predicted molar refractivity (Wildman–Crippen MR) is 109 cm³/mol. The molecule has 0 aliphatic rings. The van der Waals surface area contributed by atoms with E-state index in [0.29, 0.717) is 17.7 Å². The first-order valence-electron chi connectivity index (χ1n) is 8.82. The molecule has 146 valence electrons. The molecule has 2 aromatic rings. The fraction of sp³-hybridized carbons (Fsp3) is 0.227. The summed E-state index contributed by atoms with van der Waals surface area (Å²) in [5.74, 6) is 5.42. The highest BCUT2D eigenvalue weighted by Crippen LogP contribution is 2.16. The maximum atomic E-state index is 12.8. The zero-order valence-corrected chi connectivity index (χ0v) is 16.8. The second kappa shape index (κ2) is 9.88. The number of sulfonamides is 1. The topological polar surface area (TPSA) is 63.7 Å². The van der Waals surface area contributed by atoms with Gasteiger partial charge in [0.2, 0.25) is 10.0 Å². The zero-order valence-electron chi connectivity index (χ0n) is 16.0. The van der Waals surface area contributed by atoms with Crippen molar-refractivity contribution in [2.45, 2.75) is 18.7 Å². The summed E-state index contributed by atoms with van der Waals surface area (Å²) in [6, 6.07) is 13.4. The summed E-state index contributed by atoms with van der Waals surface area (Å²) in [6.07, 6.45) is 1.53. The fourth-order valence-corrected chi connectivity index (χ4v) is 3.70. The number of ether oxygens (including phenoxy) is 1. The van der Waals surface area contributed by atoms with Gasteiger partial charge in [0.05, 0.1) is 23.6 Å². The van der Waals surface area contributed by atoms with Gasteiger partial charge in [0.15, 0.2) is 0 Å². The van der Waals surface area contributed by atoms with Gasteiger partial charge < -0.3 is 4.74 Å². The Bertz CT molecular complexity index is 982. The van der Waals surface area contributed by atoms with Crippen LogP contribution < -0.4 is 0 Å². The minimum absolute atomic E-state index is 0.0296. The quantitative estimate of drug-likeness (QED) is 0.408. The lowest BCUT2D eigenvalue weighted by molar-refractivity contribution is 0.0526. The Hall–Kier alpha value is -2.88. The monoisotopic (exact) mass is 397 g/mol. The van der Waals surface area contributed by atoms with Crippen LogP contribution in [-0.4, -0.2) is 38.4 Å². The highest BCUT2D eigenvalue weighted by Gasteiger charge is 2.22. The second-order valence-corrected chi connectivity index (χ2v) is 7.94. The highest BCUT2D eigenvalue weighted by atomic mass is 32.2. The third-order valence-electron chi connectivity index (χ3n) is 3.88. The zero-order chi connectivity index (χ0) is 20.6. The van der Waals surface area contributed by atoms with Gasteiger partial charge in [-0.1, -0.05) is 35.6 Å². The van der Waals surface area contributed by atoms with Crippen LogP contribution in [0.5, 0.6) is 0 Å². The van der Waals surface area contributed by atoms with Crippen molar-refractivity contribution in [2.75, 3.05) is 19.7 Å². The molecule has 0 aliphatic heterocycles. The van der Waals surface area contributed by atoms with Crippen molar-refractivity contribution in [1.82, 2.24) is 4.31 Å². The van der Waals surface area contributed by atoms with Gasteiger partial charge in [-0.3, -0.25) is 0 Å². The number of carbonyl (C=O) groups excluding carboxylic acids is 1. The van der Waals surface area contributed by atoms with Crippen molar-refractivity contribution in [3.8, 4) is 11.8 Å². The van der Waals surface area contributed by atoms with Crippen LogP contribution in [0.15, 0.2) is 66.1 Å². The number of rotatable bonds is 7. The summed E-state index contributed by atoms with van der Waals surface area (Å²) in [7, 11) is -3.66. The molecule has 0 fully saturated rings. The number of nitrogens with zero attached hydrogens (tertiary/aromatic N) is 1. The first-order valence-corrected chi connectivity index (χ1v) is 10.3. The van der Waals surface area contributed by atoms with Gasteiger partial charge in [-0.25, -0.2) is 13.2 Å². The van der Waals surface area contributed by atoms with Crippen molar-refractivity contribution in [3.63, 3.8) is 0 Å². The van der Waals surface area contributed by atoms with Crippen molar-refractivity contribution >= 4 is 16.0 Å². The highest BCUT2D eigenvalue weighted by molar-refractivity contribution is 7.89. The molecule has 0 spiro atoms. The predicted octanol–water partition coefficient (Wildman–Crippen LogP) is 3.40. The van der Waals surface area contributed by atoms with Gasteiger partial charge in [0, 0.05) is 12.1 Å². The number of hydrogen-bond donors (Lipinski definition) is 0. The molecule has 0 aliphatic carbocycles. The Morgan fingerprint density at radius 3 is 2.36 bits per heavy atom. The molecule has 0 amide bonds. The number of esters is 1. The molecule has 2 rings (SSSR count). The fourth-order valence-electron chi connectivity index (χ4n) is 2.38. The maximum Gasteiger partial charge on any atom is 0.338 e. The van der Waals surface area contributed by atoms with E-state index in [-0.39, 0.29) is 24.0 Å². The molecular weight excluding hydrogens is 374 g/mol. The molecule has 28 heavy (non-hydrogen) atoms. The van der Waals surface area contributed by atoms with Gasteiger partial charge in [0.25, 0.3) is 0 Å². The maximum absolute atomic E-state index is 12.8. The lowest BCUT2D eigenvalue weighted by Gasteiger charge is -2.18. The first kappa shape index (κ1) is 21.4. The standard InChI is InChI=1S/C22H23NO4S/c1-4-16-23(28(25,26)21-14-8-18(3)9-15-21)17-6-7-19-10-12-20(13-11-19)22(24)27-5-2/h4,8-15H,1,5,16-17H2,2-3H3. The van der Waals surface area contributed by atoms with Crippen molar-refractivity contribution in [3.05, 3.63) is 77.9 Å². The Morgan fingerprint density at radius 1 is 1.14 bits per heavy atom. The molecule has 0 atom stereocenters. The molecule has 0 radical (unpaired) electrons. The normalized spacial score (nSPS) is 10.8. The molecule has 0 bridgehead atoms. The molecule has 0 saturated carbocycles. The van der Waals surface area contributed by atoms with E-state index < -0.39 is 10.0 Å². The SMILES string of the molecule is C=CCN(CC#Cc1ccc(C(=O)OCC)cc1)S(=O)(=O)c1ccc(C)cc1. The number of benzene rings is 2. The van der Waals surface area contributed by atoms with Crippen LogP contribution in [0, 0.1) is 18.8 Å².